The fraction of sp³-hybridized carbons (Fsp3) is 0.739. The summed E-state index contributed by atoms with van der Waals surface area (Å²) in [4.78, 5) is 25.2. The maximum atomic E-state index is 13.6. The summed E-state index contributed by atoms with van der Waals surface area (Å²) in [7, 11) is 0. The Kier molecular flexibility index (Phi) is 4.04. The van der Waals surface area contributed by atoms with Gasteiger partial charge in [-0.3, -0.25) is 4.79 Å². The van der Waals surface area contributed by atoms with Gasteiger partial charge in [0.05, 0.1) is 17.8 Å². The molecule has 5 aliphatic rings. The molecule has 0 aromatic heterocycles. The number of rotatable bonds is 1. The fourth-order valence-electron chi connectivity index (χ4n) is 7.64. The van der Waals surface area contributed by atoms with Crippen LogP contribution >= 0.6 is 0 Å². The molecule has 3 N–H and O–H groups in total. The van der Waals surface area contributed by atoms with E-state index >= 15 is 0 Å². The molecule has 3 fully saturated rings. The highest BCUT2D eigenvalue weighted by Gasteiger charge is 2.68. The van der Waals surface area contributed by atoms with Crippen molar-refractivity contribution in [3.63, 3.8) is 0 Å². The lowest BCUT2D eigenvalue weighted by molar-refractivity contribution is -0.207. The molecule has 4 aliphatic carbocycles. The van der Waals surface area contributed by atoms with Crippen LogP contribution in [0.15, 0.2) is 23.3 Å². The number of aliphatic hydroxyl groups is 3. The average Bonchev–Trinajstić information content (AvgIpc) is 3.17. The number of esters is 1. The lowest BCUT2D eigenvalue weighted by Gasteiger charge is -2.62. The van der Waals surface area contributed by atoms with Gasteiger partial charge in [0.1, 0.15) is 12.4 Å². The van der Waals surface area contributed by atoms with Gasteiger partial charge in [-0.05, 0) is 54.9 Å². The van der Waals surface area contributed by atoms with Crippen molar-refractivity contribution in [2.75, 3.05) is 6.61 Å². The predicted octanol–water partition coefficient (Wildman–Crippen LogP) is 1.67. The normalized spacial score (nSPS) is 51.6. The third kappa shape index (κ3) is 2.39. The van der Waals surface area contributed by atoms with Crippen molar-refractivity contribution >= 4 is 11.8 Å². The van der Waals surface area contributed by atoms with Crippen LogP contribution in [0.25, 0.3) is 0 Å². The van der Waals surface area contributed by atoms with Crippen LogP contribution in [-0.4, -0.2) is 51.5 Å². The van der Waals surface area contributed by atoms with E-state index in [4.69, 9.17) is 4.74 Å². The predicted molar refractivity (Wildman–Crippen MR) is 103 cm³/mol. The molecule has 29 heavy (non-hydrogen) atoms. The number of aliphatic hydroxyl groups excluding tert-OH is 2. The van der Waals surface area contributed by atoms with Gasteiger partial charge in [0.25, 0.3) is 0 Å². The van der Waals surface area contributed by atoms with Gasteiger partial charge in [0.15, 0.2) is 0 Å². The summed E-state index contributed by atoms with van der Waals surface area (Å²) in [5, 5.41) is 32.6. The van der Waals surface area contributed by atoms with Crippen molar-refractivity contribution in [1.29, 1.82) is 0 Å². The van der Waals surface area contributed by atoms with E-state index in [9.17, 15) is 24.9 Å². The maximum absolute atomic E-state index is 13.6. The smallest absolute Gasteiger partial charge is 0.331 e. The summed E-state index contributed by atoms with van der Waals surface area (Å²) in [5.41, 5.74) is -0.548. The molecule has 5 rings (SSSR count). The van der Waals surface area contributed by atoms with E-state index in [-0.39, 0.29) is 42.5 Å². The van der Waals surface area contributed by atoms with E-state index in [2.05, 4.69) is 6.92 Å². The summed E-state index contributed by atoms with van der Waals surface area (Å²) >= 11 is 0. The Balaban J connectivity index is 1.53. The van der Waals surface area contributed by atoms with Crippen molar-refractivity contribution in [2.45, 2.75) is 70.2 Å². The molecule has 0 radical (unpaired) electrons. The zero-order chi connectivity index (χ0) is 20.8. The van der Waals surface area contributed by atoms with Crippen LogP contribution < -0.4 is 0 Å². The van der Waals surface area contributed by atoms with Crippen LogP contribution in [0.4, 0.5) is 0 Å². The monoisotopic (exact) mass is 402 g/mol. The summed E-state index contributed by atoms with van der Waals surface area (Å²) < 4.78 is 5.09. The van der Waals surface area contributed by atoms with Crippen LogP contribution in [0.3, 0.4) is 0 Å². The molecule has 6 nitrogen and oxygen atoms in total. The van der Waals surface area contributed by atoms with Crippen molar-refractivity contribution in [3.8, 4) is 0 Å². The molecule has 158 valence electrons. The van der Waals surface area contributed by atoms with Crippen LogP contribution in [0, 0.1) is 28.6 Å². The van der Waals surface area contributed by atoms with Crippen LogP contribution in [0.1, 0.15) is 52.4 Å². The topological polar surface area (TPSA) is 104 Å². The molecule has 0 aromatic rings. The third-order valence-corrected chi connectivity index (χ3v) is 9.15. The molecule has 8 atom stereocenters. The molecular weight excluding hydrogens is 372 g/mol. The number of hydrogen-bond acceptors (Lipinski definition) is 6. The van der Waals surface area contributed by atoms with Gasteiger partial charge < -0.3 is 20.1 Å². The first-order valence-corrected chi connectivity index (χ1v) is 10.8. The Labute approximate surface area is 170 Å². The molecule has 3 saturated carbocycles. The lowest BCUT2D eigenvalue weighted by atomic mass is 9.42. The molecule has 0 bridgehead atoms. The Hall–Kier alpha value is -1.50. The fourth-order valence-corrected chi connectivity index (χ4v) is 7.64. The lowest BCUT2D eigenvalue weighted by Crippen LogP contribution is -2.66. The summed E-state index contributed by atoms with van der Waals surface area (Å²) in [6.07, 6.45) is 5.10. The summed E-state index contributed by atoms with van der Waals surface area (Å²) in [5.74, 6) is -0.565. The quantitative estimate of drug-likeness (QED) is 0.577. The van der Waals surface area contributed by atoms with Crippen molar-refractivity contribution in [1.82, 2.24) is 0 Å². The van der Waals surface area contributed by atoms with Gasteiger partial charge in [0, 0.05) is 29.4 Å². The van der Waals surface area contributed by atoms with E-state index in [1.54, 1.807) is 0 Å². The first-order chi connectivity index (χ1) is 13.6. The number of carbonyl (C=O) groups excluding carboxylic acids is 2. The average molecular weight is 402 g/mol. The minimum absolute atomic E-state index is 0.136. The van der Waals surface area contributed by atoms with Crippen LogP contribution in [0.2, 0.25) is 0 Å². The number of carbonyl (C=O) groups is 2. The third-order valence-electron chi connectivity index (χ3n) is 9.15. The van der Waals surface area contributed by atoms with Crippen molar-refractivity contribution < 1.29 is 29.6 Å². The first-order valence-electron chi connectivity index (χ1n) is 10.8. The van der Waals surface area contributed by atoms with Gasteiger partial charge in [-0.2, -0.15) is 0 Å². The van der Waals surface area contributed by atoms with Gasteiger partial charge in [-0.15, -0.1) is 0 Å². The van der Waals surface area contributed by atoms with Crippen molar-refractivity contribution in [3.05, 3.63) is 23.3 Å². The maximum Gasteiger partial charge on any atom is 0.331 e. The van der Waals surface area contributed by atoms with E-state index in [1.165, 1.54) is 6.08 Å². The molecule has 0 spiro atoms. The number of hydrogen-bond donors (Lipinski definition) is 3. The van der Waals surface area contributed by atoms with Crippen molar-refractivity contribution in [2.24, 2.45) is 28.6 Å². The van der Waals surface area contributed by atoms with E-state index < -0.39 is 28.6 Å². The molecule has 0 aromatic carbocycles. The zero-order valence-corrected chi connectivity index (χ0v) is 17.1. The second-order valence-corrected chi connectivity index (χ2v) is 10.4. The highest BCUT2D eigenvalue weighted by Crippen LogP contribution is 2.67. The second kappa shape index (κ2) is 6.02. The molecule has 0 unspecified atom stereocenters. The van der Waals surface area contributed by atoms with Gasteiger partial charge in [0.2, 0.25) is 0 Å². The Bertz CT molecular complexity index is 844. The molecule has 0 saturated heterocycles. The first kappa shape index (κ1) is 19.5. The Morgan fingerprint density at radius 1 is 1.14 bits per heavy atom. The summed E-state index contributed by atoms with van der Waals surface area (Å²) in [6.45, 7) is 4.22. The molecule has 6 heteroatoms. The minimum Gasteiger partial charge on any atom is -0.458 e. The molecular formula is C23H30O6. The second-order valence-electron chi connectivity index (χ2n) is 10.4. The highest BCUT2D eigenvalue weighted by molar-refractivity contribution is 5.89. The van der Waals surface area contributed by atoms with Gasteiger partial charge in [-0.25, -0.2) is 4.79 Å². The van der Waals surface area contributed by atoms with Gasteiger partial charge in [-0.1, -0.05) is 19.9 Å². The minimum atomic E-state index is -1.05. The number of ether oxygens (including phenoxy) is 1. The van der Waals surface area contributed by atoms with Gasteiger partial charge >= 0.3 is 5.97 Å². The zero-order valence-electron chi connectivity index (χ0n) is 17.1. The highest BCUT2D eigenvalue weighted by atomic mass is 16.5. The number of cyclic esters (lactones) is 1. The van der Waals surface area contributed by atoms with E-state index in [0.717, 1.165) is 24.0 Å². The van der Waals surface area contributed by atoms with Crippen LogP contribution in [0.5, 0.6) is 0 Å². The Morgan fingerprint density at radius 2 is 1.90 bits per heavy atom. The summed E-state index contributed by atoms with van der Waals surface area (Å²) in [6, 6.07) is 0. The Morgan fingerprint density at radius 3 is 2.59 bits per heavy atom. The van der Waals surface area contributed by atoms with E-state index in [1.807, 2.05) is 13.0 Å². The number of ketones is 1. The largest absolute Gasteiger partial charge is 0.458 e. The number of Topliss-reactive ketones (excluding diaryl/α,β-unsaturated/α-hetero) is 1. The molecule has 1 aliphatic heterocycles. The van der Waals surface area contributed by atoms with Crippen LogP contribution in [-0.2, 0) is 14.3 Å². The van der Waals surface area contributed by atoms with E-state index in [0.29, 0.717) is 19.3 Å². The standard InChI is InChI=1S/C23H30O6/c1-21-9-17(25)16(24)8-13(21)3-4-15-20(21)18(26)10-22(2)14(5-6-23(15,22)28)12-7-19(27)29-11-12/h5,7,13,15-17,20,24-25,28H,3-4,6,8-11H2,1-2H3/t13-,15-,16-,17-,20-,21+,22-,23+/m1/s1. The SMILES string of the molecule is C[C@]12C[C@@H](O)[C@H](O)C[C@H]1CC[C@@H]1[C@@H]2C(=O)C[C@]2(C)C(C3=CC(=O)OC3)=CC[C@]12O. The molecule has 1 heterocycles. The number of fused-ring (bicyclic) bond motifs is 5. The molecule has 0 amide bonds.